The van der Waals surface area contributed by atoms with Crippen molar-refractivity contribution in [2.75, 3.05) is 29.9 Å². The number of nitrogens with one attached hydrogen (secondary N) is 2. The van der Waals surface area contributed by atoms with Crippen molar-refractivity contribution in [3.63, 3.8) is 0 Å². The van der Waals surface area contributed by atoms with Crippen molar-refractivity contribution in [2.45, 2.75) is 38.8 Å². The van der Waals surface area contributed by atoms with Crippen molar-refractivity contribution in [2.24, 2.45) is 5.92 Å². The minimum Gasteiger partial charge on any atom is -0.364 e. The molecule has 1 saturated heterocycles. The number of piperazine rings is 1. The summed E-state index contributed by atoms with van der Waals surface area (Å²) in [4.78, 5) is 12.2. The third kappa shape index (κ3) is 4.46. The molecule has 0 bridgehead atoms. The Bertz CT molecular complexity index is 705. The summed E-state index contributed by atoms with van der Waals surface area (Å²) < 4.78 is 0. The van der Waals surface area contributed by atoms with Gasteiger partial charge < -0.3 is 15.5 Å². The van der Waals surface area contributed by atoms with E-state index in [1.807, 2.05) is 18.2 Å². The highest BCUT2D eigenvalue weighted by Crippen LogP contribution is 2.31. The van der Waals surface area contributed by atoms with E-state index in [0.717, 1.165) is 42.3 Å². The number of hydrogen-bond donors (Lipinski definition) is 2. The molecule has 0 amide bonds. The number of nitrogens with zero attached hydrogens (tertiary/aromatic N) is 3. The molecule has 5 nitrogen and oxygen atoms in total. The van der Waals surface area contributed by atoms with Crippen molar-refractivity contribution in [3.8, 4) is 0 Å². The highest BCUT2D eigenvalue weighted by atomic mass is 35.5. The van der Waals surface area contributed by atoms with E-state index in [1.165, 1.54) is 12.8 Å². The molecule has 2 heterocycles. The SMILES string of the molecule is CC(C)C1CN(c2nc3ccccc3nc2NC2CC2)CCN1.Cl.Cl. The van der Waals surface area contributed by atoms with Gasteiger partial charge >= 0.3 is 0 Å². The molecule has 1 aliphatic carbocycles. The number of benzene rings is 1. The number of fused-ring (bicyclic) bond motifs is 1. The topological polar surface area (TPSA) is 53.1 Å². The lowest BCUT2D eigenvalue weighted by atomic mass is 10.0. The Labute approximate surface area is 161 Å². The van der Waals surface area contributed by atoms with Crippen LogP contribution in [0.1, 0.15) is 26.7 Å². The molecular weight excluding hydrogens is 357 g/mol. The highest BCUT2D eigenvalue weighted by Gasteiger charge is 2.28. The van der Waals surface area contributed by atoms with Crippen LogP contribution in [0.15, 0.2) is 24.3 Å². The zero-order valence-corrected chi connectivity index (χ0v) is 16.4. The van der Waals surface area contributed by atoms with E-state index in [1.54, 1.807) is 0 Å². The normalized spacial score (nSPS) is 20.1. The van der Waals surface area contributed by atoms with Crippen LogP contribution in [0.2, 0.25) is 0 Å². The van der Waals surface area contributed by atoms with Crippen molar-refractivity contribution in [1.82, 2.24) is 15.3 Å². The fraction of sp³-hybridized carbons (Fsp3) is 0.556. The van der Waals surface area contributed by atoms with E-state index in [2.05, 4.69) is 35.4 Å². The summed E-state index contributed by atoms with van der Waals surface area (Å²) in [6.07, 6.45) is 2.48. The lowest BCUT2D eigenvalue weighted by Gasteiger charge is -2.37. The van der Waals surface area contributed by atoms with Crippen LogP contribution in [-0.4, -0.2) is 41.7 Å². The number of aromatic nitrogens is 2. The summed E-state index contributed by atoms with van der Waals surface area (Å²) in [6.45, 7) is 7.52. The number of rotatable bonds is 4. The Hall–Kier alpha value is -1.30. The molecule has 0 spiro atoms. The van der Waals surface area contributed by atoms with Gasteiger partial charge in [0.15, 0.2) is 11.6 Å². The van der Waals surface area contributed by atoms with E-state index in [4.69, 9.17) is 9.97 Å². The third-order valence-corrected chi connectivity index (χ3v) is 4.78. The fourth-order valence-electron chi connectivity index (χ4n) is 3.15. The van der Waals surface area contributed by atoms with Crippen LogP contribution in [0.4, 0.5) is 11.6 Å². The Kier molecular flexibility index (Phi) is 6.72. The molecule has 2 aliphatic rings. The summed E-state index contributed by atoms with van der Waals surface area (Å²) in [7, 11) is 0. The van der Waals surface area contributed by atoms with Gasteiger partial charge in [0.25, 0.3) is 0 Å². The Morgan fingerprint density at radius 2 is 1.80 bits per heavy atom. The molecule has 2 N–H and O–H groups in total. The molecular formula is C18H27Cl2N5. The minimum atomic E-state index is 0. The lowest BCUT2D eigenvalue weighted by molar-refractivity contribution is 0.367. The third-order valence-electron chi connectivity index (χ3n) is 4.78. The first-order valence-electron chi connectivity index (χ1n) is 8.72. The van der Waals surface area contributed by atoms with Gasteiger partial charge in [0.1, 0.15) is 0 Å². The lowest BCUT2D eigenvalue weighted by Crippen LogP contribution is -2.53. The zero-order valence-electron chi connectivity index (χ0n) is 14.7. The second-order valence-electron chi connectivity index (χ2n) is 7.05. The van der Waals surface area contributed by atoms with Gasteiger partial charge in [-0.3, -0.25) is 0 Å². The van der Waals surface area contributed by atoms with Crippen molar-refractivity contribution < 1.29 is 0 Å². The second-order valence-corrected chi connectivity index (χ2v) is 7.05. The van der Waals surface area contributed by atoms with Crippen molar-refractivity contribution >= 4 is 47.5 Å². The molecule has 1 aromatic carbocycles. The number of hydrogen-bond acceptors (Lipinski definition) is 5. The van der Waals surface area contributed by atoms with E-state index in [-0.39, 0.29) is 24.8 Å². The molecule has 0 radical (unpaired) electrons. The average molecular weight is 384 g/mol. The zero-order chi connectivity index (χ0) is 15.8. The maximum Gasteiger partial charge on any atom is 0.172 e. The van der Waals surface area contributed by atoms with Gasteiger partial charge in [-0.25, -0.2) is 9.97 Å². The summed E-state index contributed by atoms with van der Waals surface area (Å²) >= 11 is 0. The number of halogens is 2. The maximum atomic E-state index is 4.95. The molecule has 1 saturated carbocycles. The van der Waals surface area contributed by atoms with E-state index < -0.39 is 0 Å². The van der Waals surface area contributed by atoms with Crippen LogP contribution in [0.5, 0.6) is 0 Å². The van der Waals surface area contributed by atoms with Gasteiger partial charge in [0, 0.05) is 31.7 Å². The smallest absolute Gasteiger partial charge is 0.172 e. The molecule has 1 unspecified atom stereocenters. The molecule has 1 aliphatic heterocycles. The summed E-state index contributed by atoms with van der Waals surface area (Å²) in [5.74, 6) is 2.59. The van der Waals surface area contributed by atoms with Crippen molar-refractivity contribution in [3.05, 3.63) is 24.3 Å². The van der Waals surface area contributed by atoms with Gasteiger partial charge in [-0.2, -0.15) is 0 Å². The summed E-state index contributed by atoms with van der Waals surface area (Å²) in [5, 5.41) is 7.20. The Balaban J connectivity index is 0.00000113. The van der Waals surface area contributed by atoms with Gasteiger partial charge in [-0.1, -0.05) is 26.0 Å². The van der Waals surface area contributed by atoms with E-state index in [0.29, 0.717) is 18.0 Å². The van der Waals surface area contributed by atoms with Crippen LogP contribution in [0.3, 0.4) is 0 Å². The predicted octanol–water partition coefficient (Wildman–Crippen LogP) is 3.48. The largest absolute Gasteiger partial charge is 0.364 e. The molecule has 2 aromatic rings. The molecule has 25 heavy (non-hydrogen) atoms. The van der Waals surface area contributed by atoms with Crippen molar-refractivity contribution in [1.29, 1.82) is 0 Å². The van der Waals surface area contributed by atoms with E-state index in [9.17, 15) is 0 Å². The molecule has 7 heteroatoms. The minimum absolute atomic E-state index is 0. The summed E-state index contributed by atoms with van der Waals surface area (Å²) in [5.41, 5.74) is 1.94. The first-order chi connectivity index (χ1) is 11.2. The fourth-order valence-corrected chi connectivity index (χ4v) is 3.15. The molecule has 1 aromatic heterocycles. The monoisotopic (exact) mass is 383 g/mol. The maximum absolute atomic E-state index is 4.95. The number of anilines is 2. The highest BCUT2D eigenvalue weighted by molar-refractivity contribution is 5.85. The Morgan fingerprint density at radius 3 is 2.44 bits per heavy atom. The van der Waals surface area contributed by atoms with Crippen LogP contribution in [-0.2, 0) is 0 Å². The molecule has 2 fully saturated rings. The van der Waals surface area contributed by atoms with Crippen LogP contribution in [0.25, 0.3) is 11.0 Å². The Morgan fingerprint density at radius 1 is 1.12 bits per heavy atom. The number of para-hydroxylation sites is 2. The van der Waals surface area contributed by atoms with Gasteiger partial charge in [-0.05, 0) is 30.9 Å². The quantitative estimate of drug-likeness (QED) is 0.845. The standard InChI is InChI=1S/C18H25N5.2ClH/c1-12(2)16-11-23(10-9-19-16)18-17(20-13-7-8-13)21-14-5-3-4-6-15(14)22-18;;/h3-6,12-13,16,19H,7-11H2,1-2H3,(H,20,21);2*1H. The van der Waals surface area contributed by atoms with Gasteiger partial charge in [0.2, 0.25) is 0 Å². The first-order valence-corrected chi connectivity index (χ1v) is 8.72. The summed E-state index contributed by atoms with van der Waals surface area (Å²) in [6, 6.07) is 9.23. The van der Waals surface area contributed by atoms with Crippen LogP contribution < -0.4 is 15.5 Å². The average Bonchev–Trinajstić information content (AvgIpc) is 3.38. The van der Waals surface area contributed by atoms with Gasteiger partial charge in [-0.15, -0.1) is 24.8 Å². The second kappa shape index (κ2) is 8.39. The molecule has 1 atom stereocenters. The first kappa shape index (κ1) is 20.0. The molecule has 4 rings (SSSR count). The molecule has 138 valence electrons. The van der Waals surface area contributed by atoms with E-state index >= 15 is 0 Å². The van der Waals surface area contributed by atoms with Crippen LogP contribution in [0, 0.1) is 5.92 Å². The van der Waals surface area contributed by atoms with Gasteiger partial charge in [0.05, 0.1) is 11.0 Å². The van der Waals surface area contributed by atoms with Crippen LogP contribution >= 0.6 is 24.8 Å². The predicted molar refractivity (Wildman–Crippen MR) is 110 cm³/mol.